The second kappa shape index (κ2) is 7.09. The fraction of sp³-hybridized carbons (Fsp3) is 0.227. The van der Waals surface area contributed by atoms with E-state index >= 15 is 0 Å². The fourth-order valence-electron chi connectivity index (χ4n) is 3.43. The number of benzene rings is 2. The Morgan fingerprint density at radius 3 is 2.72 bits per heavy atom. The van der Waals surface area contributed by atoms with Crippen LogP contribution < -0.4 is 15.7 Å². The molecule has 0 atom stereocenters. The summed E-state index contributed by atoms with van der Waals surface area (Å²) in [5.74, 6) is 1.32. The van der Waals surface area contributed by atoms with Crippen molar-refractivity contribution in [1.82, 2.24) is 19.1 Å². The molecule has 1 aliphatic rings. The quantitative estimate of drug-likeness (QED) is 0.550. The molecule has 146 valence electrons. The van der Waals surface area contributed by atoms with Crippen LogP contribution in [-0.2, 0) is 6.54 Å². The topological polar surface area (TPSA) is 74.0 Å². The third-order valence-corrected chi connectivity index (χ3v) is 5.07. The van der Waals surface area contributed by atoms with Crippen molar-refractivity contribution < 1.29 is 4.74 Å². The van der Waals surface area contributed by atoms with E-state index in [2.05, 4.69) is 15.3 Å². The highest BCUT2D eigenvalue weighted by molar-refractivity contribution is 5.74. The number of nitrogens with one attached hydrogen (secondary N) is 1. The summed E-state index contributed by atoms with van der Waals surface area (Å²) in [4.78, 5) is 22.5. The van der Waals surface area contributed by atoms with Crippen LogP contribution in [0.1, 0.15) is 18.4 Å². The third-order valence-electron chi connectivity index (χ3n) is 5.07. The van der Waals surface area contributed by atoms with Crippen LogP contribution in [-0.4, -0.2) is 32.3 Å². The Hall–Kier alpha value is -3.61. The SMILES string of the molecule is COc1cccc(Cn2c(=O)n(-c3ccccc3)c3nc(NC4CC4)ncc32)c1. The van der Waals surface area contributed by atoms with Crippen LogP contribution in [0.4, 0.5) is 5.95 Å². The summed E-state index contributed by atoms with van der Waals surface area (Å²) in [6.07, 6.45) is 3.99. The first kappa shape index (κ1) is 17.5. The number of hydrogen-bond donors (Lipinski definition) is 1. The number of imidazole rings is 1. The molecule has 2 aromatic carbocycles. The summed E-state index contributed by atoms with van der Waals surface area (Å²) in [6, 6.07) is 17.7. The average molecular weight is 387 g/mol. The molecule has 1 fully saturated rings. The molecule has 29 heavy (non-hydrogen) atoms. The second-order valence-corrected chi connectivity index (χ2v) is 7.21. The van der Waals surface area contributed by atoms with Gasteiger partial charge >= 0.3 is 5.69 Å². The molecule has 2 heterocycles. The number of para-hydroxylation sites is 1. The minimum absolute atomic E-state index is 0.146. The molecule has 2 aromatic heterocycles. The average Bonchev–Trinajstić information content (AvgIpc) is 3.53. The van der Waals surface area contributed by atoms with Crippen molar-refractivity contribution in [2.45, 2.75) is 25.4 Å². The van der Waals surface area contributed by atoms with Crippen molar-refractivity contribution >= 4 is 17.1 Å². The van der Waals surface area contributed by atoms with E-state index in [0.29, 0.717) is 29.7 Å². The number of aromatic nitrogens is 4. The minimum atomic E-state index is -0.146. The lowest BCUT2D eigenvalue weighted by atomic mass is 10.2. The first-order chi connectivity index (χ1) is 14.2. The van der Waals surface area contributed by atoms with Crippen LogP contribution in [0, 0.1) is 0 Å². The zero-order chi connectivity index (χ0) is 19.8. The monoisotopic (exact) mass is 387 g/mol. The van der Waals surface area contributed by atoms with Crippen LogP contribution in [0.2, 0.25) is 0 Å². The van der Waals surface area contributed by atoms with E-state index in [0.717, 1.165) is 29.8 Å². The van der Waals surface area contributed by atoms with Crippen molar-refractivity contribution in [3.05, 3.63) is 76.8 Å². The Morgan fingerprint density at radius 2 is 1.97 bits per heavy atom. The summed E-state index contributed by atoms with van der Waals surface area (Å²) in [7, 11) is 1.63. The zero-order valence-electron chi connectivity index (χ0n) is 16.1. The van der Waals surface area contributed by atoms with Crippen molar-refractivity contribution in [3.63, 3.8) is 0 Å². The van der Waals surface area contributed by atoms with Gasteiger partial charge in [-0.2, -0.15) is 4.98 Å². The number of rotatable bonds is 6. The molecule has 1 saturated carbocycles. The Bertz CT molecular complexity index is 1230. The zero-order valence-corrected chi connectivity index (χ0v) is 16.1. The Morgan fingerprint density at radius 1 is 1.14 bits per heavy atom. The van der Waals surface area contributed by atoms with E-state index in [1.165, 1.54) is 0 Å². The van der Waals surface area contributed by atoms with Gasteiger partial charge in [-0.3, -0.25) is 4.57 Å². The van der Waals surface area contributed by atoms with Gasteiger partial charge in [-0.05, 0) is 42.7 Å². The molecule has 5 rings (SSSR count). The lowest BCUT2D eigenvalue weighted by molar-refractivity contribution is 0.414. The maximum atomic E-state index is 13.4. The number of hydrogen-bond acceptors (Lipinski definition) is 5. The van der Waals surface area contributed by atoms with E-state index < -0.39 is 0 Å². The first-order valence-corrected chi connectivity index (χ1v) is 9.66. The molecule has 1 N–H and O–H groups in total. The fourth-order valence-corrected chi connectivity index (χ4v) is 3.43. The van der Waals surface area contributed by atoms with Crippen molar-refractivity contribution in [3.8, 4) is 11.4 Å². The predicted molar refractivity (Wildman–Crippen MR) is 112 cm³/mol. The Balaban J connectivity index is 1.66. The van der Waals surface area contributed by atoms with Gasteiger partial charge in [-0.25, -0.2) is 14.3 Å². The van der Waals surface area contributed by atoms with Gasteiger partial charge in [0, 0.05) is 6.04 Å². The van der Waals surface area contributed by atoms with Gasteiger partial charge in [-0.15, -0.1) is 0 Å². The third kappa shape index (κ3) is 3.35. The lowest BCUT2D eigenvalue weighted by Gasteiger charge is -2.06. The van der Waals surface area contributed by atoms with Gasteiger partial charge in [-0.1, -0.05) is 30.3 Å². The molecule has 1 aliphatic carbocycles. The molecular formula is C22H21N5O2. The first-order valence-electron chi connectivity index (χ1n) is 9.66. The Labute approximate surface area is 167 Å². The van der Waals surface area contributed by atoms with Crippen molar-refractivity contribution in [1.29, 1.82) is 0 Å². The number of nitrogens with zero attached hydrogens (tertiary/aromatic N) is 4. The summed E-state index contributed by atoms with van der Waals surface area (Å²) < 4.78 is 8.67. The summed E-state index contributed by atoms with van der Waals surface area (Å²) in [5, 5.41) is 3.32. The summed E-state index contributed by atoms with van der Waals surface area (Å²) in [6.45, 7) is 0.408. The molecule has 0 bridgehead atoms. The number of ether oxygens (including phenoxy) is 1. The van der Waals surface area contributed by atoms with Gasteiger partial charge in [0.05, 0.1) is 25.5 Å². The molecule has 7 nitrogen and oxygen atoms in total. The van der Waals surface area contributed by atoms with E-state index in [4.69, 9.17) is 4.74 Å². The van der Waals surface area contributed by atoms with Gasteiger partial charge in [0.15, 0.2) is 5.65 Å². The van der Waals surface area contributed by atoms with Gasteiger partial charge in [0.1, 0.15) is 11.3 Å². The number of anilines is 1. The lowest BCUT2D eigenvalue weighted by Crippen LogP contribution is -2.23. The molecule has 0 amide bonds. The Kier molecular flexibility index (Phi) is 4.27. The molecule has 0 aliphatic heterocycles. The van der Waals surface area contributed by atoms with E-state index in [1.807, 2.05) is 54.6 Å². The molecule has 4 aromatic rings. The van der Waals surface area contributed by atoms with Gasteiger partial charge in [0.25, 0.3) is 0 Å². The highest BCUT2D eigenvalue weighted by Gasteiger charge is 2.23. The maximum Gasteiger partial charge on any atom is 0.335 e. The number of fused-ring (bicyclic) bond motifs is 1. The molecule has 0 unspecified atom stereocenters. The van der Waals surface area contributed by atoms with Crippen LogP contribution >= 0.6 is 0 Å². The minimum Gasteiger partial charge on any atom is -0.497 e. The molecule has 0 saturated heterocycles. The molecule has 0 radical (unpaired) electrons. The van der Waals surface area contributed by atoms with Crippen LogP contribution in [0.15, 0.2) is 65.6 Å². The largest absolute Gasteiger partial charge is 0.497 e. The van der Waals surface area contributed by atoms with Gasteiger partial charge < -0.3 is 10.1 Å². The molecular weight excluding hydrogens is 366 g/mol. The summed E-state index contributed by atoms with van der Waals surface area (Å²) in [5.41, 5.74) is 2.90. The smallest absolute Gasteiger partial charge is 0.335 e. The van der Waals surface area contributed by atoms with E-state index in [1.54, 1.807) is 22.4 Å². The predicted octanol–water partition coefficient (Wildman–Crippen LogP) is 3.21. The highest BCUT2D eigenvalue weighted by Crippen LogP contribution is 2.24. The molecule has 0 spiro atoms. The van der Waals surface area contributed by atoms with Crippen LogP contribution in [0.3, 0.4) is 0 Å². The van der Waals surface area contributed by atoms with Crippen molar-refractivity contribution in [2.75, 3.05) is 12.4 Å². The normalized spacial score (nSPS) is 13.6. The van der Waals surface area contributed by atoms with E-state index in [9.17, 15) is 4.79 Å². The summed E-state index contributed by atoms with van der Waals surface area (Å²) >= 11 is 0. The highest BCUT2D eigenvalue weighted by atomic mass is 16.5. The van der Waals surface area contributed by atoms with Gasteiger partial charge in [0.2, 0.25) is 5.95 Å². The van der Waals surface area contributed by atoms with Crippen molar-refractivity contribution in [2.24, 2.45) is 0 Å². The molecule has 7 heteroatoms. The standard InChI is InChI=1S/C22H21N5O2/c1-29-18-9-5-6-15(12-18)14-26-19-13-23-21(24-16-10-11-16)25-20(19)27(22(26)28)17-7-3-2-4-8-17/h2-9,12-13,16H,10-11,14H2,1H3,(H,23,24,25). The van der Waals surface area contributed by atoms with Crippen LogP contribution in [0.25, 0.3) is 16.9 Å². The van der Waals surface area contributed by atoms with Crippen LogP contribution in [0.5, 0.6) is 5.75 Å². The second-order valence-electron chi connectivity index (χ2n) is 7.21. The van der Waals surface area contributed by atoms with E-state index in [-0.39, 0.29) is 5.69 Å². The maximum absolute atomic E-state index is 13.4. The number of methoxy groups -OCH3 is 1.